The van der Waals surface area contributed by atoms with Crippen LogP contribution in [-0.2, 0) is 19.6 Å². The van der Waals surface area contributed by atoms with E-state index >= 15 is 0 Å². The topological polar surface area (TPSA) is 26.2 Å². The van der Waals surface area contributed by atoms with Crippen LogP contribution in [0, 0.1) is 0 Å². The zero-order valence-electron chi connectivity index (χ0n) is 15.9. The van der Waals surface area contributed by atoms with E-state index in [1.807, 2.05) is 18.2 Å². The van der Waals surface area contributed by atoms with Gasteiger partial charge in [-0.1, -0.05) is 72.3 Å². The van der Waals surface area contributed by atoms with Gasteiger partial charge in [0.25, 0.3) is 0 Å². The van der Waals surface area contributed by atoms with Crippen molar-refractivity contribution in [2.45, 2.75) is 19.6 Å². The first kappa shape index (κ1) is 18.6. The Morgan fingerprint density at radius 3 is 2.29 bits per heavy atom. The normalized spacial score (nSPS) is 11.1. The summed E-state index contributed by atoms with van der Waals surface area (Å²) in [5, 5.41) is 5.53. The van der Waals surface area contributed by atoms with E-state index in [1.165, 1.54) is 16.5 Å². The Morgan fingerprint density at radius 1 is 0.821 bits per heavy atom. The predicted molar refractivity (Wildman–Crippen MR) is 116 cm³/mol. The second-order valence-corrected chi connectivity index (χ2v) is 7.17. The van der Waals surface area contributed by atoms with E-state index in [0.717, 1.165) is 35.1 Å². The highest BCUT2D eigenvalue weighted by molar-refractivity contribution is 6.32. The molecule has 142 valence electrons. The van der Waals surface area contributed by atoms with Gasteiger partial charge < -0.3 is 14.6 Å². The number of hydrogen-bond acceptors (Lipinski definition) is 2. The molecule has 0 atom stereocenters. The van der Waals surface area contributed by atoms with Gasteiger partial charge in [-0.15, -0.1) is 0 Å². The van der Waals surface area contributed by atoms with Crippen molar-refractivity contribution in [3.05, 3.63) is 101 Å². The van der Waals surface area contributed by atoms with Crippen molar-refractivity contribution in [1.29, 1.82) is 0 Å². The number of nitrogens with one attached hydrogen (secondary N) is 1. The molecule has 0 saturated heterocycles. The summed E-state index contributed by atoms with van der Waals surface area (Å²) in [6, 6.07) is 27.0. The summed E-state index contributed by atoms with van der Waals surface area (Å²) in [5.74, 6) is 0.871. The van der Waals surface area contributed by atoms with Crippen LogP contribution in [0.4, 0.5) is 0 Å². The quantitative estimate of drug-likeness (QED) is 0.442. The fourth-order valence-corrected chi connectivity index (χ4v) is 3.83. The maximum absolute atomic E-state index is 6.83. The average Bonchev–Trinajstić information content (AvgIpc) is 3.01. The largest absolute Gasteiger partial charge is 0.497 e. The molecule has 0 amide bonds. The first-order chi connectivity index (χ1) is 13.8. The van der Waals surface area contributed by atoms with Crippen LogP contribution in [0.25, 0.3) is 10.9 Å². The molecule has 0 spiro atoms. The van der Waals surface area contributed by atoms with Crippen molar-refractivity contribution < 1.29 is 4.74 Å². The number of ether oxygens (including phenoxy) is 1. The van der Waals surface area contributed by atoms with Crippen molar-refractivity contribution in [2.24, 2.45) is 0 Å². The Morgan fingerprint density at radius 2 is 1.54 bits per heavy atom. The van der Waals surface area contributed by atoms with Crippen molar-refractivity contribution in [3.8, 4) is 5.75 Å². The molecule has 4 heteroatoms. The molecule has 3 aromatic carbocycles. The van der Waals surface area contributed by atoms with Gasteiger partial charge in [0.05, 0.1) is 7.11 Å². The fourth-order valence-electron chi connectivity index (χ4n) is 3.51. The highest BCUT2D eigenvalue weighted by atomic mass is 35.5. The Kier molecular flexibility index (Phi) is 5.65. The SMILES string of the molecule is COc1ccc(CNCc2c(Cl)n(Cc3ccccc3)c3ccccc23)cc1. The summed E-state index contributed by atoms with van der Waals surface area (Å²) in [7, 11) is 1.68. The molecule has 0 fully saturated rings. The predicted octanol–water partition coefficient (Wildman–Crippen LogP) is 5.64. The van der Waals surface area contributed by atoms with Gasteiger partial charge in [0.1, 0.15) is 10.9 Å². The van der Waals surface area contributed by atoms with Gasteiger partial charge in [-0.25, -0.2) is 0 Å². The summed E-state index contributed by atoms with van der Waals surface area (Å²) >= 11 is 6.83. The van der Waals surface area contributed by atoms with Crippen LogP contribution in [0.5, 0.6) is 5.75 Å². The van der Waals surface area contributed by atoms with E-state index in [2.05, 4.69) is 70.5 Å². The number of benzene rings is 3. The average molecular weight is 391 g/mol. The van der Waals surface area contributed by atoms with Gasteiger partial charge >= 0.3 is 0 Å². The van der Waals surface area contributed by atoms with E-state index < -0.39 is 0 Å². The lowest BCUT2D eigenvalue weighted by Gasteiger charge is -2.08. The van der Waals surface area contributed by atoms with Gasteiger partial charge in [0, 0.05) is 36.1 Å². The number of nitrogens with zero attached hydrogens (tertiary/aromatic N) is 1. The monoisotopic (exact) mass is 390 g/mol. The highest BCUT2D eigenvalue weighted by Gasteiger charge is 2.15. The summed E-state index contributed by atoms with van der Waals surface area (Å²) in [5.41, 5.74) is 4.76. The van der Waals surface area contributed by atoms with E-state index in [1.54, 1.807) is 7.11 Å². The first-order valence-electron chi connectivity index (χ1n) is 9.39. The Balaban J connectivity index is 1.55. The lowest BCUT2D eigenvalue weighted by molar-refractivity contribution is 0.414. The van der Waals surface area contributed by atoms with Crippen LogP contribution >= 0.6 is 11.6 Å². The second-order valence-electron chi connectivity index (χ2n) is 6.81. The first-order valence-corrected chi connectivity index (χ1v) is 9.77. The summed E-state index contributed by atoms with van der Waals surface area (Å²) in [4.78, 5) is 0. The van der Waals surface area contributed by atoms with Gasteiger partial charge in [-0.05, 0) is 29.3 Å². The van der Waals surface area contributed by atoms with Crippen LogP contribution in [0.1, 0.15) is 16.7 Å². The maximum atomic E-state index is 6.83. The zero-order valence-corrected chi connectivity index (χ0v) is 16.6. The van der Waals surface area contributed by atoms with Crippen LogP contribution in [0.2, 0.25) is 5.15 Å². The molecule has 4 rings (SSSR count). The molecule has 1 aromatic heterocycles. The smallest absolute Gasteiger partial charge is 0.118 e. The molecule has 0 unspecified atom stereocenters. The molecule has 0 radical (unpaired) electrons. The number of para-hydroxylation sites is 1. The van der Waals surface area contributed by atoms with Crippen molar-refractivity contribution >= 4 is 22.5 Å². The molecule has 0 saturated carbocycles. The molecule has 3 nitrogen and oxygen atoms in total. The van der Waals surface area contributed by atoms with Crippen molar-refractivity contribution in [1.82, 2.24) is 9.88 Å². The van der Waals surface area contributed by atoms with E-state index in [0.29, 0.717) is 6.54 Å². The molecule has 0 aliphatic carbocycles. The number of rotatable bonds is 7. The third-order valence-electron chi connectivity index (χ3n) is 4.98. The fraction of sp³-hybridized carbons (Fsp3) is 0.167. The molecular weight excluding hydrogens is 368 g/mol. The molecular formula is C24H23ClN2O. The van der Waals surface area contributed by atoms with Crippen LogP contribution in [0.15, 0.2) is 78.9 Å². The van der Waals surface area contributed by atoms with Gasteiger partial charge in [-0.2, -0.15) is 0 Å². The molecule has 1 N–H and O–H groups in total. The number of fused-ring (bicyclic) bond motifs is 1. The number of aromatic nitrogens is 1. The zero-order chi connectivity index (χ0) is 19.3. The second kappa shape index (κ2) is 8.51. The van der Waals surface area contributed by atoms with E-state index in [4.69, 9.17) is 16.3 Å². The number of hydrogen-bond donors (Lipinski definition) is 1. The number of halogens is 1. The molecule has 0 aliphatic heterocycles. The Labute approximate surface area is 170 Å². The summed E-state index contributed by atoms with van der Waals surface area (Å²) < 4.78 is 7.41. The molecule has 0 aliphatic rings. The van der Waals surface area contributed by atoms with Gasteiger partial charge in [0.15, 0.2) is 0 Å². The third-order valence-corrected chi connectivity index (χ3v) is 5.41. The summed E-state index contributed by atoms with van der Waals surface area (Å²) in [6.07, 6.45) is 0. The molecule has 4 aromatic rings. The van der Waals surface area contributed by atoms with Gasteiger partial charge in [-0.3, -0.25) is 0 Å². The van der Waals surface area contributed by atoms with Crippen LogP contribution < -0.4 is 10.1 Å². The third kappa shape index (κ3) is 3.91. The van der Waals surface area contributed by atoms with E-state index in [-0.39, 0.29) is 0 Å². The minimum atomic E-state index is 0.715. The van der Waals surface area contributed by atoms with Crippen LogP contribution in [0.3, 0.4) is 0 Å². The van der Waals surface area contributed by atoms with E-state index in [9.17, 15) is 0 Å². The highest BCUT2D eigenvalue weighted by Crippen LogP contribution is 2.31. The maximum Gasteiger partial charge on any atom is 0.118 e. The standard InChI is InChI=1S/C24H23ClN2O/c1-28-20-13-11-18(12-14-20)15-26-16-22-21-9-5-6-10-23(21)27(24(22)25)17-19-7-3-2-4-8-19/h2-14,26H,15-17H2,1H3. The van der Waals surface area contributed by atoms with Crippen LogP contribution in [-0.4, -0.2) is 11.7 Å². The van der Waals surface area contributed by atoms with Crippen molar-refractivity contribution in [2.75, 3.05) is 7.11 Å². The summed E-state index contributed by atoms with van der Waals surface area (Å²) in [6.45, 7) is 2.25. The Bertz CT molecular complexity index is 1060. The lowest BCUT2D eigenvalue weighted by Crippen LogP contribution is -2.13. The Hall–Kier alpha value is -2.75. The molecule has 1 heterocycles. The van der Waals surface area contributed by atoms with Gasteiger partial charge in [0.2, 0.25) is 0 Å². The molecule has 28 heavy (non-hydrogen) atoms. The minimum Gasteiger partial charge on any atom is -0.497 e. The lowest BCUT2D eigenvalue weighted by atomic mass is 10.1. The molecule has 0 bridgehead atoms. The minimum absolute atomic E-state index is 0.715. The van der Waals surface area contributed by atoms with Crippen molar-refractivity contribution in [3.63, 3.8) is 0 Å². The number of methoxy groups -OCH3 is 1.